The summed E-state index contributed by atoms with van der Waals surface area (Å²) in [4.78, 5) is 0. The summed E-state index contributed by atoms with van der Waals surface area (Å²) in [6.07, 6.45) is 0. The molecular formula is C36H20BNO2Se. The Morgan fingerprint density at radius 1 is 0.537 bits per heavy atom. The zero-order valence-corrected chi connectivity index (χ0v) is 23.5. The number of nitrogens with zero attached hydrogens (tertiary/aromatic N) is 1. The Kier molecular flexibility index (Phi) is 4.27. The minimum absolute atomic E-state index is 0.0703. The number of hydrogen-bond acceptors (Lipinski definition) is 2. The van der Waals surface area contributed by atoms with Gasteiger partial charge in [-0.25, -0.2) is 0 Å². The van der Waals surface area contributed by atoms with Gasteiger partial charge in [0, 0.05) is 0 Å². The Balaban J connectivity index is 1.34. The molecule has 3 nitrogen and oxygen atoms in total. The minimum atomic E-state index is 0.0703. The Morgan fingerprint density at radius 2 is 1.17 bits per heavy atom. The predicted molar refractivity (Wildman–Crippen MR) is 170 cm³/mol. The van der Waals surface area contributed by atoms with Gasteiger partial charge in [-0.05, 0) is 0 Å². The second-order valence-corrected chi connectivity index (χ2v) is 13.1. The molecule has 10 rings (SSSR count). The van der Waals surface area contributed by atoms with Crippen LogP contribution in [0.3, 0.4) is 0 Å². The molecule has 0 bridgehead atoms. The molecule has 0 atom stereocenters. The molecule has 0 amide bonds. The van der Waals surface area contributed by atoms with E-state index in [4.69, 9.17) is 9.47 Å². The van der Waals surface area contributed by atoms with E-state index in [1.54, 1.807) is 0 Å². The van der Waals surface area contributed by atoms with Crippen molar-refractivity contribution in [3.8, 4) is 28.7 Å². The van der Waals surface area contributed by atoms with Gasteiger partial charge in [0.25, 0.3) is 0 Å². The quantitative estimate of drug-likeness (QED) is 0.196. The molecule has 6 aromatic carbocycles. The number of para-hydroxylation sites is 3. The maximum atomic E-state index is 6.66. The number of benzene rings is 6. The van der Waals surface area contributed by atoms with Crippen LogP contribution in [0.15, 0.2) is 121 Å². The first kappa shape index (κ1) is 22.0. The molecular weight excluding hydrogens is 568 g/mol. The third-order valence-corrected chi connectivity index (χ3v) is 11.1. The molecule has 0 N–H and O–H groups in total. The normalized spacial score (nSPS) is 13.2. The number of fused-ring (bicyclic) bond motifs is 11. The van der Waals surface area contributed by atoms with Crippen LogP contribution in [0.1, 0.15) is 0 Å². The molecule has 0 saturated carbocycles. The summed E-state index contributed by atoms with van der Waals surface area (Å²) in [6.45, 7) is 0.0703. The fourth-order valence-corrected chi connectivity index (χ4v) is 9.37. The Morgan fingerprint density at radius 3 is 1.93 bits per heavy atom. The van der Waals surface area contributed by atoms with Gasteiger partial charge in [-0.15, -0.1) is 0 Å². The Bertz CT molecular complexity index is 2330. The van der Waals surface area contributed by atoms with Gasteiger partial charge in [0.15, 0.2) is 0 Å². The molecule has 0 spiro atoms. The summed E-state index contributed by atoms with van der Waals surface area (Å²) in [6, 6.07) is 43.5. The van der Waals surface area contributed by atoms with Gasteiger partial charge in [-0.1, -0.05) is 0 Å². The van der Waals surface area contributed by atoms with Crippen LogP contribution in [0.25, 0.3) is 46.8 Å². The topological polar surface area (TPSA) is 23.4 Å². The zero-order valence-electron chi connectivity index (χ0n) is 21.8. The van der Waals surface area contributed by atoms with E-state index in [0.717, 1.165) is 34.1 Å². The molecule has 0 radical (unpaired) electrons. The van der Waals surface area contributed by atoms with E-state index in [-0.39, 0.29) is 21.2 Å². The molecule has 2 aliphatic heterocycles. The van der Waals surface area contributed by atoms with Gasteiger partial charge in [0.05, 0.1) is 0 Å². The van der Waals surface area contributed by atoms with Crippen molar-refractivity contribution in [3.05, 3.63) is 121 Å². The fraction of sp³-hybridized carbons (Fsp3) is 0. The van der Waals surface area contributed by atoms with Crippen LogP contribution in [0, 0.1) is 0 Å². The van der Waals surface area contributed by atoms with Crippen LogP contribution in [0.4, 0.5) is 0 Å². The summed E-state index contributed by atoms with van der Waals surface area (Å²) in [7, 11) is 0. The van der Waals surface area contributed by atoms with E-state index in [1.807, 2.05) is 0 Å². The first-order valence-corrected chi connectivity index (χ1v) is 15.6. The second-order valence-electron chi connectivity index (χ2n) is 10.9. The molecule has 2 aromatic heterocycles. The number of ether oxygens (including phenoxy) is 2. The van der Waals surface area contributed by atoms with Gasteiger partial charge in [-0.2, -0.15) is 0 Å². The van der Waals surface area contributed by atoms with Crippen molar-refractivity contribution in [2.45, 2.75) is 0 Å². The second kappa shape index (κ2) is 7.95. The van der Waals surface area contributed by atoms with Gasteiger partial charge in [0.2, 0.25) is 0 Å². The van der Waals surface area contributed by atoms with E-state index in [9.17, 15) is 0 Å². The van der Waals surface area contributed by atoms with Crippen molar-refractivity contribution in [2.24, 2.45) is 0 Å². The zero-order chi connectivity index (χ0) is 26.7. The summed E-state index contributed by atoms with van der Waals surface area (Å²) < 4.78 is 18.6. The summed E-state index contributed by atoms with van der Waals surface area (Å²) in [5.41, 5.74) is 6.95. The van der Waals surface area contributed by atoms with Crippen LogP contribution in [0.5, 0.6) is 23.0 Å². The van der Waals surface area contributed by atoms with Crippen molar-refractivity contribution in [3.63, 3.8) is 0 Å². The van der Waals surface area contributed by atoms with E-state index in [2.05, 4.69) is 126 Å². The molecule has 0 unspecified atom stereocenters. The maximum absolute atomic E-state index is 6.66. The average molecular weight is 588 g/mol. The van der Waals surface area contributed by atoms with Gasteiger partial charge < -0.3 is 0 Å². The van der Waals surface area contributed by atoms with Crippen LogP contribution >= 0.6 is 0 Å². The molecule has 5 heteroatoms. The monoisotopic (exact) mass is 589 g/mol. The predicted octanol–water partition coefficient (Wildman–Crippen LogP) is 6.87. The van der Waals surface area contributed by atoms with E-state index in [1.165, 1.54) is 52.0 Å². The molecule has 0 aliphatic carbocycles. The average Bonchev–Trinajstić information content (AvgIpc) is 3.56. The van der Waals surface area contributed by atoms with Gasteiger partial charge in [-0.3, -0.25) is 0 Å². The summed E-state index contributed by atoms with van der Waals surface area (Å²) in [5, 5.41) is 5.24. The van der Waals surface area contributed by atoms with E-state index in [0.29, 0.717) is 0 Å². The van der Waals surface area contributed by atoms with E-state index >= 15 is 0 Å². The molecule has 2 aliphatic rings. The summed E-state index contributed by atoms with van der Waals surface area (Å²) in [5.74, 6) is 3.53. The van der Waals surface area contributed by atoms with Crippen molar-refractivity contribution in [1.82, 2.24) is 4.57 Å². The molecule has 8 aromatic rings. The first-order chi connectivity index (χ1) is 20.3. The number of hydrogen-bond donors (Lipinski definition) is 0. The fourth-order valence-electron chi connectivity index (χ4n) is 7.04. The van der Waals surface area contributed by atoms with E-state index < -0.39 is 0 Å². The van der Waals surface area contributed by atoms with Gasteiger partial charge in [0.1, 0.15) is 0 Å². The number of aromatic nitrogens is 1. The van der Waals surface area contributed by atoms with Crippen LogP contribution in [0.2, 0.25) is 0 Å². The third-order valence-electron chi connectivity index (χ3n) is 8.71. The van der Waals surface area contributed by atoms with Gasteiger partial charge >= 0.3 is 243 Å². The van der Waals surface area contributed by atoms with Crippen molar-refractivity contribution in [1.29, 1.82) is 0 Å². The summed E-state index contributed by atoms with van der Waals surface area (Å²) >= 11 is 0.288. The number of rotatable bonds is 1. The first-order valence-electron chi connectivity index (χ1n) is 13.9. The Labute approximate surface area is 242 Å². The van der Waals surface area contributed by atoms with Crippen LogP contribution < -0.4 is 25.9 Å². The van der Waals surface area contributed by atoms with Crippen molar-refractivity contribution < 1.29 is 9.47 Å². The Hall–Kier alpha value is -4.70. The van der Waals surface area contributed by atoms with Crippen LogP contribution in [-0.4, -0.2) is 25.8 Å². The standard InChI is InChI=1S/C36H20BNO2Se/c1-5-13-27-22(9-1)23-17-18-33-34(24-10-2-8-16-32(24)41-33)36(23)38(27)21-19-30-35-31(20-21)40-29-15-7-4-12-26(29)37(35)25-11-3-6-14-28(25)39-30/h1-20H. The van der Waals surface area contributed by atoms with Crippen molar-refractivity contribution >= 4 is 78.7 Å². The molecule has 0 fully saturated rings. The van der Waals surface area contributed by atoms with Crippen molar-refractivity contribution in [2.75, 3.05) is 0 Å². The molecule has 190 valence electrons. The molecule has 4 heterocycles. The SMILES string of the molecule is c1ccc2c(c1)Oc1cc(-n3c4ccccc4c4ccc5[se]c6ccccc6c5c43)cc3c1B2c1ccccc1O3. The third kappa shape index (κ3) is 2.89. The molecule has 0 saturated heterocycles. The van der Waals surface area contributed by atoms with Crippen LogP contribution in [-0.2, 0) is 0 Å². The molecule has 41 heavy (non-hydrogen) atoms.